The number of anilines is 1. The first-order valence-electron chi connectivity index (χ1n) is 12.6. The molecule has 0 spiro atoms. The van der Waals surface area contributed by atoms with E-state index in [1.54, 1.807) is 6.07 Å². The summed E-state index contributed by atoms with van der Waals surface area (Å²) in [5.74, 6) is 1.28. The molecule has 4 rings (SSSR count). The highest BCUT2D eigenvalue weighted by molar-refractivity contribution is 6.31. The maximum atomic E-state index is 12.3. The van der Waals surface area contributed by atoms with Crippen LogP contribution < -0.4 is 9.64 Å². The number of halogens is 1. The summed E-state index contributed by atoms with van der Waals surface area (Å²) in [4.78, 5) is 26.0. The van der Waals surface area contributed by atoms with Crippen LogP contribution in [0.5, 0.6) is 5.75 Å². The molecule has 1 aromatic rings. The zero-order chi connectivity index (χ0) is 25.0. The molecule has 0 amide bonds. The average molecular weight is 502 g/mol. The van der Waals surface area contributed by atoms with E-state index < -0.39 is 0 Å². The number of methoxy groups -OCH3 is 1. The predicted octanol–water partition coefficient (Wildman–Crippen LogP) is 5.75. The van der Waals surface area contributed by atoms with Gasteiger partial charge in [0.2, 0.25) is 0 Å². The standard InChI is InChI=1S/C28H36ClNO5/c1-19(31)34-17-22-8-7-21(22)16-30-13-5-4-6-23-15-24(29)11-12-28(23,2)18-35-26-10-9-20(14-25(26)30)27(32)33-3/h9-12,14-15,21-23H,4-8,13,16-18H2,1-3H3/t21-,22-,23?,28?/m0/s1. The first-order valence-corrected chi connectivity index (χ1v) is 13.0. The third-order valence-corrected chi connectivity index (χ3v) is 8.07. The number of allylic oxidation sites excluding steroid dienone is 3. The van der Waals surface area contributed by atoms with E-state index in [4.69, 9.17) is 25.8 Å². The number of rotatable bonds is 5. The van der Waals surface area contributed by atoms with Crippen molar-refractivity contribution < 1.29 is 23.8 Å². The summed E-state index contributed by atoms with van der Waals surface area (Å²) in [7, 11) is 1.40. The van der Waals surface area contributed by atoms with E-state index in [9.17, 15) is 9.59 Å². The number of ether oxygens (including phenoxy) is 3. The van der Waals surface area contributed by atoms with Crippen molar-refractivity contribution >= 4 is 29.2 Å². The van der Waals surface area contributed by atoms with E-state index in [-0.39, 0.29) is 17.4 Å². The lowest BCUT2D eigenvalue weighted by atomic mass is 9.72. The van der Waals surface area contributed by atoms with Crippen molar-refractivity contribution in [1.82, 2.24) is 0 Å². The number of benzene rings is 1. The van der Waals surface area contributed by atoms with Crippen molar-refractivity contribution in [2.45, 2.75) is 46.0 Å². The molecule has 2 unspecified atom stereocenters. The van der Waals surface area contributed by atoms with E-state index in [2.05, 4.69) is 24.0 Å². The van der Waals surface area contributed by atoms with Gasteiger partial charge in [0.25, 0.3) is 0 Å². The van der Waals surface area contributed by atoms with Crippen LogP contribution in [0.4, 0.5) is 5.69 Å². The molecule has 1 heterocycles. The van der Waals surface area contributed by atoms with E-state index in [1.165, 1.54) is 14.0 Å². The lowest BCUT2D eigenvalue weighted by Crippen LogP contribution is -2.41. The third-order valence-electron chi connectivity index (χ3n) is 7.81. The first kappa shape index (κ1) is 25.6. The van der Waals surface area contributed by atoms with Crippen LogP contribution in [0.25, 0.3) is 0 Å². The number of hydrogen-bond acceptors (Lipinski definition) is 6. The van der Waals surface area contributed by atoms with Gasteiger partial charge in [-0.05, 0) is 67.7 Å². The quantitative estimate of drug-likeness (QED) is 0.479. The Morgan fingerprint density at radius 1 is 1.20 bits per heavy atom. The molecule has 0 N–H and O–H groups in total. The Hall–Kier alpha value is -2.47. The molecule has 7 heteroatoms. The smallest absolute Gasteiger partial charge is 0.337 e. The van der Waals surface area contributed by atoms with E-state index in [0.29, 0.717) is 36.5 Å². The summed E-state index contributed by atoms with van der Waals surface area (Å²) in [6.45, 7) is 6.36. The summed E-state index contributed by atoms with van der Waals surface area (Å²) >= 11 is 6.35. The zero-order valence-electron chi connectivity index (χ0n) is 20.9. The normalized spacial score (nSPS) is 28.3. The van der Waals surface area contributed by atoms with Gasteiger partial charge in [-0.15, -0.1) is 0 Å². The van der Waals surface area contributed by atoms with Gasteiger partial charge in [0.05, 0.1) is 31.6 Å². The van der Waals surface area contributed by atoms with E-state index in [0.717, 1.165) is 61.7 Å². The van der Waals surface area contributed by atoms with E-state index in [1.807, 2.05) is 18.2 Å². The molecule has 0 saturated heterocycles. The topological polar surface area (TPSA) is 65.1 Å². The summed E-state index contributed by atoms with van der Waals surface area (Å²) in [6, 6.07) is 5.55. The molecule has 1 aromatic carbocycles. The Balaban J connectivity index is 1.62. The van der Waals surface area contributed by atoms with Crippen LogP contribution in [-0.4, -0.2) is 45.4 Å². The van der Waals surface area contributed by atoms with Gasteiger partial charge >= 0.3 is 11.9 Å². The van der Waals surface area contributed by atoms with Crippen LogP contribution in [0.1, 0.15) is 56.3 Å². The summed E-state index contributed by atoms with van der Waals surface area (Å²) in [6.07, 6.45) is 11.6. The van der Waals surface area contributed by atoms with Crippen molar-refractivity contribution in [3.8, 4) is 5.75 Å². The highest BCUT2D eigenvalue weighted by Crippen LogP contribution is 2.43. The number of esters is 2. The molecular formula is C28H36ClNO5. The highest BCUT2D eigenvalue weighted by atomic mass is 35.5. The zero-order valence-corrected chi connectivity index (χ0v) is 21.7. The van der Waals surface area contributed by atoms with Crippen LogP contribution in [0, 0.1) is 23.2 Å². The van der Waals surface area contributed by atoms with Gasteiger partial charge in [0, 0.05) is 30.5 Å². The van der Waals surface area contributed by atoms with Crippen LogP contribution in [-0.2, 0) is 14.3 Å². The van der Waals surface area contributed by atoms with Crippen LogP contribution in [0.15, 0.2) is 41.5 Å². The fraction of sp³-hybridized carbons (Fsp3) is 0.571. The van der Waals surface area contributed by atoms with Crippen molar-refractivity contribution in [2.24, 2.45) is 23.2 Å². The largest absolute Gasteiger partial charge is 0.490 e. The molecule has 35 heavy (non-hydrogen) atoms. The lowest BCUT2D eigenvalue weighted by Gasteiger charge is -2.40. The minimum Gasteiger partial charge on any atom is -0.490 e. The molecule has 0 radical (unpaired) electrons. The molecule has 4 atom stereocenters. The fourth-order valence-corrected chi connectivity index (χ4v) is 5.56. The molecule has 1 fully saturated rings. The minimum absolute atomic E-state index is 0.158. The monoisotopic (exact) mass is 501 g/mol. The van der Waals surface area contributed by atoms with Gasteiger partial charge in [0.15, 0.2) is 0 Å². The van der Waals surface area contributed by atoms with Gasteiger partial charge in [-0.25, -0.2) is 4.79 Å². The molecule has 2 aliphatic carbocycles. The van der Waals surface area contributed by atoms with Gasteiger partial charge in [0.1, 0.15) is 5.75 Å². The average Bonchev–Trinajstić information content (AvgIpc) is 2.85. The maximum Gasteiger partial charge on any atom is 0.337 e. The molecule has 1 aliphatic heterocycles. The number of carbonyl (C=O) groups excluding carboxylic acids is 2. The molecule has 190 valence electrons. The molecule has 0 aromatic heterocycles. The SMILES string of the molecule is COC(=O)c1ccc2c(c1)N(C[C@@H]1CC[C@H]1COC(C)=O)CCCCC1C=C(Cl)C=CC1(C)CO2. The predicted molar refractivity (Wildman–Crippen MR) is 137 cm³/mol. The Bertz CT molecular complexity index is 1010. The Labute approximate surface area is 213 Å². The molecule has 3 aliphatic rings. The minimum atomic E-state index is -0.361. The number of fused-ring (bicyclic) bond motifs is 2. The van der Waals surface area contributed by atoms with Crippen LogP contribution in [0.3, 0.4) is 0 Å². The van der Waals surface area contributed by atoms with Crippen LogP contribution in [0.2, 0.25) is 0 Å². The molecule has 6 nitrogen and oxygen atoms in total. The highest BCUT2D eigenvalue weighted by Gasteiger charge is 2.36. The second-order valence-electron chi connectivity index (χ2n) is 10.3. The molecule has 0 bridgehead atoms. The molecule has 1 saturated carbocycles. The van der Waals surface area contributed by atoms with Gasteiger partial charge < -0.3 is 19.1 Å². The van der Waals surface area contributed by atoms with Crippen molar-refractivity contribution in [3.05, 3.63) is 47.0 Å². The second kappa shape index (κ2) is 11.1. The Morgan fingerprint density at radius 3 is 2.71 bits per heavy atom. The number of hydrogen-bond donors (Lipinski definition) is 0. The summed E-state index contributed by atoms with van der Waals surface area (Å²) < 4.78 is 16.8. The van der Waals surface area contributed by atoms with Crippen LogP contribution >= 0.6 is 11.6 Å². The van der Waals surface area contributed by atoms with E-state index >= 15 is 0 Å². The van der Waals surface area contributed by atoms with Gasteiger partial charge in [-0.2, -0.15) is 0 Å². The third kappa shape index (κ3) is 6.03. The first-order chi connectivity index (χ1) is 16.8. The number of carbonyl (C=O) groups is 2. The fourth-order valence-electron chi connectivity index (χ4n) is 5.35. The van der Waals surface area contributed by atoms with Gasteiger partial charge in [-0.1, -0.05) is 37.1 Å². The summed E-state index contributed by atoms with van der Waals surface area (Å²) in [5.41, 5.74) is 1.27. The maximum absolute atomic E-state index is 12.3. The Morgan fingerprint density at radius 2 is 2.00 bits per heavy atom. The number of nitrogens with zero attached hydrogens (tertiary/aromatic N) is 1. The van der Waals surface area contributed by atoms with Crippen molar-refractivity contribution in [1.29, 1.82) is 0 Å². The summed E-state index contributed by atoms with van der Waals surface area (Å²) in [5, 5.41) is 0.788. The lowest BCUT2D eigenvalue weighted by molar-refractivity contribution is -0.144. The van der Waals surface area contributed by atoms with Crippen molar-refractivity contribution in [2.75, 3.05) is 38.3 Å². The van der Waals surface area contributed by atoms with Gasteiger partial charge in [-0.3, -0.25) is 4.79 Å². The Kier molecular flexibility index (Phi) is 8.10. The molecular weight excluding hydrogens is 466 g/mol. The second-order valence-corrected chi connectivity index (χ2v) is 10.7. The van der Waals surface area contributed by atoms with Crippen molar-refractivity contribution in [3.63, 3.8) is 0 Å².